The van der Waals surface area contributed by atoms with Crippen molar-refractivity contribution in [3.8, 4) is 0 Å². The van der Waals surface area contributed by atoms with Gasteiger partial charge in [-0.2, -0.15) is 13.2 Å². The highest BCUT2D eigenvalue weighted by Crippen LogP contribution is 2.40. The van der Waals surface area contributed by atoms with E-state index in [4.69, 9.17) is 0 Å². The molecule has 0 atom stereocenters. The lowest BCUT2D eigenvalue weighted by molar-refractivity contribution is -0.138. The van der Waals surface area contributed by atoms with Gasteiger partial charge in [-0.3, -0.25) is 4.79 Å². The molecule has 8 nitrogen and oxygen atoms in total. The second-order valence-electron chi connectivity index (χ2n) is 10.3. The molecule has 2 aliphatic rings. The highest BCUT2D eigenvalue weighted by Gasteiger charge is 2.40. The molecule has 2 aromatic heterocycles. The summed E-state index contributed by atoms with van der Waals surface area (Å²) in [6.45, 7) is 7.31. The number of nitrogens with one attached hydrogen (secondary N) is 2. The summed E-state index contributed by atoms with van der Waals surface area (Å²) >= 11 is 0. The van der Waals surface area contributed by atoms with Gasteiger partial charge in [-0.15, -0.1) is 0 Å². The van der Waals surface area contributed by atoms with Gasteiger partial charge >= 0.3 is 6.18 Å². The normalized spacial score (nSPS) is 17.3. The molecule has 5 rings (SSSR count). The fourth-order valence-corrected chi connectivity index (χ4v) is 5.01. The molecular weight excluding hydrogens is 495 g/mol. The number of aryl methyl sites for hydroxylation is 2. The molecule has 0 spiro atoms. The van der Waals surface area contributed by atoms with Gasteiger partial charge in [0.05, 0.1) is 28.6 Å². The van der Waals surface area contributed by atoms with Crippen LogP contribution in [-0.2, 0) is 29.2 Å². The molecule has 1 fully saturated rings. The number of piperazine rings is 1. The highest BCUT2D eigenvalue weighted by molar-refractivity contribution is 6.06. The van der Waals surface area contributed by atoms with Crippen molar-refractivity contribution in [2.75, 3.05) is 48.8 Å². The predicted octanol–water partition coefficient (Wildman–Crippen LogP) is 4.40. The van der Waals surface area contributed by atoms with Crippen molar-refractivity contribution in [2.45, 2.75) is 38.3 Å². The lowest BCUT2D eigenvalue weighted by atomic mass is 9.82. The molecular formula is C27H30F3N7O. The van der Waals surface area contributed by atoms with Gasteiger partial charge in [0.15, 0.2) is 0 Å². The Labute approximate surface area is 219 Å². The van der Waals surface area contributed by atoms with Gasteiger partial charge < -0.3 is 20.4 Å². The summed E-state index contributed by atoms with van der Waals surface area (Å²) in [4.78, 5) is 29.5. The van der Waals surface area contributed by atoms with Gasteiger partial charge in [-0.1, -0.05) is 12.1 Å². The molecule has 200 valence electrons. The number of likely N-dealkylation sites (N-methyl/N-ethyl adjacent to an activating group) is 1. The van der Waals surface area contributed by atoms with Crippen LogP contribution < -0.4 is 15.5 Å². The minimum absolute atomic E-state index is 0.0351. The molecule has 2 aliphatic heterocycles. The van der Waals surface area contributed by atoms with Crippen LogP contribution in [0.3, 0.4) is 0 Å². The first-order chi connectivity index (χ1) is 18.0. The topological polar surface area (TPSA) is 86.3 Å². The third-order valence-electron chi connectivity index (χ3n) is 7.23. The Bertz CT molecular complexity index is 1330. The average Bonchev–Trinajstić information content (AvgIpc) is 3.11. The number of fused-ring (bicyclic) bond motifs is 1. The Hall–Kier alpha value is -3.73. The number of halogens is 3. The third kappa shape index (κ3) is 5.15. The van der Waals surface area contributed by atoms with Crippen molar-refractivity contribution in [3.63, 3.8) is 0 Å². The van der Waals surface area contributed by atoms with E-state index < -0.39 is 17.2 Å². The van der Waals surface area contributed by atoms with Gasteiger partial charge in [0.2, 0.25) is 11.9 Å². The minimum atomic E-state index is -4.59. The van der Waals surface area contributed by atoms with Crippen LogP contribution in [0.15, 0.2) is 42.7 Å². The number of aromatic nitrogens is 3. The van der Waals surface area contributed by atoms with Crippen LogP contribution in [0, 0.1) is 0 Å². The Morgan fingerprint density at radius 3 is 2.47 bits per heavy atom. The van der Waals surface area contributed by atoms with Crippen LogP contribution >= 0.6 is 0 Å². The van der Waals surface area contributed by atoms with E-state index in [9.17, 15) is 18.0 Å². The molecule has 0 bridgehead atoms. The van der Waals surface area contributed by atoms with Crippen LogP contribution in [-0.4, -0.2) is 59.0 Å². The smallest absolute Gasteiger partial charge is 0.354 e. The zero-order chi connectivity index (χ0) is 27.1. The van der Waals surface area contributed by atoms with Crippen LogP contribution in [0.4, 0.5) is 36.3 Å². The van der Waals surface area contributed by atoms with E-state index in [2.05, 4.69) is 42.4 Å². The van der Waals surface area contributed by atoms with Gasteiger partial charge in [-0.05, 0) is 63.1 Å². The van der Waals surface area contributed by atoms with E-state index in [1.165, 1.54) is 0 Å². The summed E-state index contributed by atoms with van der Waals surface area (Å²) < 4.78 is 41.4. The molecule has 1 aromatic carbocycles. The number of nitrogens with zero attached hydrogens (tertiary/aromatic N) is 5. The molecule has 3 aromatic rings. The zero-order valence-electron chi connectivity index (χ0n) is 21.6. The molecule has 0 aliphatic carbocycles. The number of hydrogen-bond donors (Lipinski definition) is 2. The van der Waals surface area contributed by atoms with Crippen LogP contribution in [0.25, 0.3) is 0 Å². The number of hydrogen-bond acceptors (Lipinski definition) is 7. The average molecular weight is 526 g/mol. The van der Waals surface area contributed by atoms with E-state index in [0.717, 1.165) is 49.3 Å². The first-order valence-electron chi connectivity index (χ1n) is 12.6. The molecule has 0 radical (unpaired) electrons. The van der Waals surface area contributed by atoms with E-state index in [1.54, 1.807) is 12.3 Å². The fourth-order valence-electron chi connectivity index (χ4n) is 5.01. The summed E-state index contributed by atoms with van der Waals surface area (Å²) in [5.74, 6) is 0.790. The van der Waals surface area contributed by atoms with Gasteiger partial charge in [0.25, 0.3) is 0 Å². The summed E-state index contributed by atoms with van der Waals surface area (Å²) in [6, 6.07) is 9.16. The quantitative estimate of drug-likeness (QED) is 0.493. The molecule has 0 unspecified atom stereocenters. The standard InChI is InChI=1S/C27H30F3N7O/c1-26(2)23-17(5-4-6-21(23)34-24(26)38)7-9-20-19(27(28,29)30)16-32-25(35-20)33-18-8-10-22(31-15-18)37-13-11-36(3)12-14-37/h4-6,8,10,15-16H,7,9,11-14H2,1-3H3,(H,34,38)(H,32,33,35). The largest absolute Gasteiger partial charge is 0.419 e. The van der Waals surface area contributed by atoms with E-state index >= 15 is 0 Å². The van der Waals surface area contributed by atoms with Crippen molar-refractivity contribution in [2.24, 2.45) is 0 Å². The van der Waals surface area contributed by atoms with Crippen molar-refractivity contribution in [1.29, 1.82) is 0 Å². The number of alkyl halides is 3. The van der Waals surface area contributed by atoms with E-state index in [0.29, 0.717) is 17.8 Å². The molecule has 38 heavy (non-hydrogen) atoms. The molecule has 2 N–H and O–H groups in total. The molecule has 1 saturated heterocycles. The van der Waals surface area contributed by atoms with Crippen LogP contribution in [0.2, 0.25) is 0 Å². The fraction of sp³-hybridized carbons (Fsp3) is 0.407. The van der Waals surface area contributed by atoms with Crippen molar-refractivity contribution >= 4 is 29.0 Å². The maximum absolute atomic E-state index is 13.8. The molecule has 4 heterocycles. The number of benzene rings is 1. The molecule has 0 saturated carbocycles. The predicted molar refractivity (Wildman–Crippen MR) is 140 cm³/mol. The van der Waals surface area contributed by atoms with Gasteiger partial charge in [-0.25, -0.2) is 15.0 Å². The number of pyridine rings is 1. The zero-order valence-corrected chi connectivity index (χ0v) is 21.6. The lowest BCUT2D eigenvalue weighted by Gasteiger charge is -2.33. The molecule has 11 heteroatoms. The third-order valence-corrected chi connectivity index (χ3v) is 7.23. The number of anilines is 4. The second kappa shape index (κ2) is 9.86. The van der Waals surface area contributed by atoms with Gasteiger partial charge in [0.1, 0.15) is 5.82 Å². The SMILES string of the molecule is CN1CCN(c2ccc(Nc3ncc(C(F)(F)F)c(CCc4cccc5c4C(C)(C)C(=O)N5)n3)cn2)CC1. The van der Waals surface area contributed by atoms with Crippen molar-refractivity contribution in [3.05, 3.63) is 65.1 Å². The highest BCUT2D eigenvalue weighted by atomic mass is 19.4. The van der Waals surface area contributed by atoms with Crippen LogP contribution in [0.1, 0.15) is 36.2 Å². The van der Waals surface area contributed by atoms with E-state index in [-0.39, 0.29) is 24.0 Å². The first kappa shape index (κ1) is 25.9. The van der Waals surface area contributed by atoms with Gasteiger partial charge in [0, 0.05) is 38.1 Å². The van der Waals surface area contributed by atoms with Crippen LogP contribution in [0.5, 0.6) is 0 Å². The number of amides is 1. The number of rotatable bonds is 6. The number of carbonyl (C=O) groups excluding carboxylic acids is 1. The maximum atomic E-state index is 13.8. The summed E-state index contributed by atoms with van der Waals surface area (Å²) in [5.41, 5.74) is 1.18. The Kier molecular flexibility index (Phi) is 6.72. The summed E-state index contributed by atoms with van der Waals surface area (Å²) in [6.07, 6.45) is -1.81. The summed E-state index contributed by atoms with van der Waals surface area (Å²) in [7, 11) is 2.08. The Morgan fingerprint density at radius 1 is 1.03 bits per heavy atom. The number of carbonyl (C=O) groups is 1. The summed E-state index contributed by atoms with van der Waals surface area (Å²) in [5, 5.41) is 5.84. The first-order valence-corrected chi connectivity index (χ1v) is 12.6. The maximum Gasteiger partial charge on any atom is 0.419 e. The minimum Gasteiger partial charge on any atom is -0.354 e. The monoisotopic (exact) mass is 525 g/mol. The Balaban J connectivity index is 1.35. The second-order valence-corrected chi connectivity index (χ2v) is 10.3. The molecule has 1 amide bonds. The lowest BCUT2D eigenvalue weighted by Crippen LogP contribution is -2.44. The Morgan fingerprint density at radius 2 is 1.79 bits per heavy atom. The van der Waals surface area contributed by atoms with Crippen molar-refractivity contribution < 1.29 is 18.0 Å². The van der Waals surface area contributed by atoms with E-state index in [1.807, 2.05) is 38.1 Å². The van der Waals surface area contributed by atoms with Crippen molar-refractivity contribution in [1.82, 2.24) is 19.9 Å².